The third-order valence-electron chi connectivity index (χ3n) is 5.85. The molecule has 1 amide bonds. The van der Waals surface area contributed by atoms with Crippen LogP contribution >= 0.6 is 0 Å². The lowest BCUT2D eigenvalue weighted by molar-refractivity contribution is -0.136. The average molecular weight is 393 g/mol. The van der Waals surface area contributed by atoms with E-state index in [4.69, 9.17) is 9.47 Å². The van der Waals surface area contributed by atoms with Crippen LogP contribution in [0.3, 0.4) is 0 Å². The van der Waals surface area contributed by atoms with Gasteiger partial charge in [0, 0.05) is 25.9 Å². The van der Waals surface area contributed by atoms with E-state index < -0.39 is 5.60 Å². The van der Waals surface area contributed by atoms with E-state index in [-0.39, 0.29) is 18.3 Å². The highest BCUT2D eigenvalue weighted by Gasteiger charge is 2.43. The molecule has 2 aliphatic rings. The maximum absolute atomic E-state index is 12.6. The molecule has 0 N–H and O–H groups in total. The van der Waals surface area contributed by atoms with Crippen LogP contribution < -0.4 is 9.47 Å². The Kier molecular flexibility index (Phi) is 5.56. The molecule has 29 heavy (non-hydrogen) atoms. The fraction of sp³-hybridized carbons (Fsp3) is 0.417. The van der Waals surface area contributed by atoms with Gasteiger partial charge in [-0.05, 0) is 36.2 Å². The summed E-state index contributed by atoms with van der Waals surface area (Å²) in [5.41, 5.74) is 1.45. The van der Waals surface area contributed by atoms with Gasteiger partial charge in [-0.25, -0.2) is 0 Å². The number of piperidine rings is 1. The Morgan fingerprint density at radius 2 is 1.83 bits per heavy atom. The number of rotatable bonds is 5. The van der Waals surface area contributed by atoms with E-state index in [1.54, 1.807) is 0 Å². The summed E-state index contributed by atoms with van der Waals surface area (Å²) in [6, 6.07) is 15.3. The van der Waals surface area contributed by atoms with Crippen LogP contribution in [0.5, 0.6) is 11.5 Å². The predicted molar refractivity (Wildman–Crippen MR) is 110 cm³/mol. The summed E-state index contributed by atoms with van der Waals surface area (Å²) in [5, 5.41) is 0. The Hall–Kier alpha value is -2.82. The molecule has 0 aromatic heterocycles. The van der Waals surface area contributed by atoms with Gasteiger partial charge in [0.15, 0.2) is 12.4 Å². The van der Waals surface area contributed by atoms with Gasteiger partial charge in [0.25, 0.3) is 5.91 Å². The second-order valence-corrected chi connectivity index (χ2v) is 7.94. The number of hydrogen-bond donors (Lipinski definition) is 0. The molecule has 0 radical (unpaired) electrons. The molecule has 1 saturated heterocycles. The first-order valence-corrected chi connectivity index (χ1v) is 10.4. The van der Waals surface area contributed by atoms with Crippen molar-refractivity contribution in [2.45, 2.75) is 44.6 Å². The quantitative estimate of drug-likeness (QED) is 0.769. The van der Waals surface area contributed by atoms with Crippen LogP contribution in [-0.2, 0) is 11.2 Å². The number of carbonyl (C=O) groups is 2. The first-order valence-electron chi connectivity index (χ1n) is 10.4. The molecule has 0 unspecified atom stereocenters. The van der Waals surface area contributed by atoms with Crippen molar-refractivity contribution in [1.82, 2.24) is 4.90 Å². The maximum atomic E-state index is 12.6. The first kappa shape index (κ1) is 19.5. The van der Waals surface area contributed by atoms with Gasteiger partial charge in [-0.1, -0.05) is 37.6 Å². The molecule has 4 rings (SSSR count). The third-order valence-corrected chi connectivity index (χ3v) is 5.85. The molecule has 5 nitrogen and oxygen atoms in total. The highest BCUT2D eigenvalue weighted by atomic mass is 16.5. The van der Waals surface area contributed by atoms with Gasteiger partial charge in [-0.2, -0.15) is 0 Å². The molecule has 1 fully saturated rings. The Morgan fingerprint density at radius 3 is 2.55 bits per heavy atom. The highest BCUT2D eigenvalue weighted by Crippen LogP contribution is 2.39. The minimum atomic E-state index is -0.488. The normalized spacial score (nSPS) is 17.6. The van der Waals surface area contributed by atoms with Gasteiger partial charge in [0.05, 0.1) is 12.0 Å². The number of carbonyl (C=O) groups excluding carboxylic acids is 2. The second kappa shape index (κ2) is 8.27. The van der Waals surface area contributed by atoms with Crippen LogP contribution in [0.15, 0.2) is 48.5 Å². The minimum Gasteiger partial charge on any atom is -0.486 e. The van der Waals surface area contributed by atoms with Crippen molar-refractivity contribution >= 4 is 11.7 Å². The highest BCUT2D eigenvalue weighted by molar-refractivity contribution is 6.00. The predicted octanol–water partition coefficient (Wildman–Crippen LogP) is 4.04. The number of amides is 1. The van der Waals surface area contributed by atoms with Crippen LogP contribution in [0.25, 0.3) is 0 Å². The Morgan fingerprint density at radius 1 is 1.10 bits per heavy atom. The van der Waals surface area contributed by atoms with Crippen LogP contribution in [0, 0.1) is 0 Å². The van der Waals surface area contributed by atoms with Crippen molar-refractivity contribution in [3.63, 3.8) is 0 Å². The first-order chi connectivity index (χ1) is 14.1. The van der Waals surface area contributed by atoms with Crippen molar-refractivity contribution in [3.05, 3.63) is 59.7 Å². The molecule has 2 aliphatic heterocycles. The fourth-order valence-electron chi connectivity index (χ4n) is 4.16. The van der Waals surface area contributed by atoms with E-state index in [0.717, 1.165) is 12.8 Å². The number of fused-ring (bicyclic) bond motifs is 1. The van der Waals surface area contributed by atoms with Crippen LogP contribution in [0.1, 0.15) is 48.5 Å². The van der Waals surface area contributed by atoms with Gasteiger partial charge in [0.2, 0.25) is 0 Å². The minimum absolute atomic E-state index is 0.0278. The molecule has 2 aromatic carbocycles. The molecule has 5 heteroatoms. The molecule has 2 heterocycles. The number of para-hydroxylation sites is 1. The molecule has 0 bridgehead atoms. The lowest BCUT2D eigenvalue weighted by Crippen LogP contribution is -2.53. The SMILES string of the molecule is CCCc1ccc(OCC(=O)N2CCC3(CC2)CC(=O)c2ccccc2O3)cc1. The zero-order valence-electron chi connectivity index (χ0n) is 16.9. The number of Topliss-reactive ketones (excluding diaryl/α,β-unsaturated/α-hetero) is 1. The molecule has 0 saturated carbocycles. The molecule has 152 valence electrons. The smallest absolute Gasteiger partial charge is 0.260 e. The fourth-order valence-corrected chi connectivity index (χ4v) is 4.16. The molecule has 0 atom stereocenters. The number of ketones is 1. The summed E-state index contributed by atoms with van der Waals surface area (Å²) >= 11 is 0. The van der Waals surface area contributed by atoms with Crippen molar-refractivity contribution in [2.75, 3.05) is 19.7 Å². The summed E-state index contributed by atoms with van der Waals surface area (Å²) in [4.78, 5) is 26.9. The largest absolute Gasteiger partial charge is 0.486 e. The number of hydrogen-bond acceptors (Lipinski definition) is 4. The van der Waals surface area contributed by atoms with Gasteiger partial charge < -0.3 is 14.4 Å². The van der Waals surface area contributed by atoms with Crippen molar-refractivity contribution in [2.24, 2.45) is 0 Å². The number of ether oxygens (including phenoxy) is 2. The molecule has 2 aromatic rings. The second-order valence-electron chi connectivity index (χ2n) is 7.94. The maximum Gasteiger partial charge on any atom is 0.260 e. The number of likely N-dealkylation sites (tertiary alicyclic amines) is 1. The van der Waals surface area contributed by atoms with E-state index in [1.807, 2.05) is 53.4 Å². The zero-order chi connectivity index (χ0) is 20.3. The molecule has 0 aliphatic carbocycles. The molecular weight excluding hydrogens is 366 g/mol. The van der Waals surface area contributed by atoms with Crippen LogP contribution in [0.2, 0.25) is 0 Å². The standard InChI is InChI=1S/C24H27NO4/c1-2-5-18-8-10-19(11-9-18)28-17-23(27)25-14-12-24(13-15-25)16-21(26)20-6-3-4-7-22(20)29-24/h3-4,6-11H,2,5,12-17H2,1H3. The van der Waals surface area contributed by atoms with Gasteiger partial charge >= 0.3 is 0 Å². The van der Waals surface area contributed by atoms with Crippen LogP contribution in [-0.4, -0.2) is 41.9 Å². The van der Waals surface area contributed by atoms with E-state index in [9.17, 15) is 9.59 Å². The van der Waals surface area contributed by atoms with Gasteiger partial charge in [-0.15, -0.1) is 0 Å². The van der Waals surface area contributed by atoms with E-state index in [2.05, 4.69) is 6.92 Å². The summed E-state index contributed by atoms with van der Waals surface area (Å²) in [7, 11) is 0. The molecular formula is C24H27NO4. The lowest BCUT2D eigenvalue weighted by atomic mass is 9.82. The molecule has 1 spiro atoms. The summed E-state index contributed by atoms with van der Waals surface area (Å²) in [6.45, 7) is 3.34. The van der Waals surface area contributed by atoms with Crippen molar-refractivity contribution < 1.29 is 19.1 Å². The lowest BCUT2D eigenvalue weighted by Gasteiger charge is -2.43. The van der Waals surface area contributed by atoms with Gasteiger partial charge in [-0.3, -0.25) is 9.59 Å². The van der Waals surface area contributed by atoms with Gasteiger partial charge in [0.1, 0.15) is 17.1 Å². The van der Waals surface area contributed by atoms with Crippen molar-refractivity contribution in [1.29, 1.82) is 0 Å². The monoisotopic (exact) mass is 393 g/mol. The van der Waals surface area contributed by atoms with E-state index >= 15 is 0 Å². The Balaban J connectivity index is 1.30. The number of benzene rings is 2. The Bertz CT molecular complexity index is 882. The van der Waals surface area contributed by atoms with E-state index in [0.29, 0.717) is 49.4 Å². The average Bonchev–Trinajstić information content (AvgIpc) is 2.74. The zero-order valence-corrected chi connectivity index (χ0v) is 16.9. The topological polar surface area (TPSA) is 55.8 Å². The van der Waals surface area contributed by atoms with Crippen molar-refractivity contribution in [3.8, 4) is 11.5 Å². The Labute approximate surface area is 171 Å². The number of nitrogens with zero attached hydrogens (tertiary/aromatic N) is 1. The summed E-state index contributed by atoms with van der Waals surface area (Å²) in [6.07, 6.45) is 3.85. The van der Waals surface area contributed by atoms with Crippen LogP contribution in [0.4, 0.5) is 0 Å². The summed E-state index contributed by atoms with van der Waals surface area (Å²) in [5.74, 6) is 1.48. The third kappa shape index (κ3) is 4.29. The number of aryl methyl sites for hydroxylation is 1. The summed E-state index contributed by atoms with van der Waals surface area (Å²) < 4.78 is 11.9. The van der Waals surface area contributed by atoms with E-state index in [1.165, 1.54) is 5.56 Å².